The number of benzene rings is 1. The molecule has 0 aliphatic carbocycles. The molecular formula is C13H10BrN5. The third-order valence-corrected chi connectivity index (χ3v) is 3.42. The van der Waals surface area contributed by atoms with Crippen molar-refractivity contribution in [2.24, 2.45) is 5.73 Å². The zero-order valence-corrected chi connectivity index (χ0v) is 11.7. The van der Waals surface area contributed by atoms with Crippen molar-refractivity contribution in [1.29, 1.82) is 10.5 Å². The van der Waals surface area contributed by atoms with Gasteiger partial charge in [-0.3, -0.25) is 4.57 Å². The second kappa shape index (κ2) is 5.23. The smallest absolute Gasteiger partial charge is 0.177 e. The van der Waals surface area contributed by atoms with Gasteiger partial charge in [0.05, 0.1) is 0 Å². The highest BCUT2D eigenvalue weighted by atomic mass is 79.9. The van der Waals surface area contributed by atoms with E-state index in [0.29, 0.717) is 0 Å². The Morgan fingerprint density at radius 1 is 1.37 bits per heavy atom. The van der Waals surface area contributed by atoms with Gasteiger partial charge in [0.1, 0.15) is 18.5 Å². The second-order valence-corrected chi connectivity index (χ2v) is 4.88. The third-order valence-electron chi connectivity index (χ3n) is 2.73. The Hall–Kier alpha value is -2.15. The lowest BCUT2D eigenvalue weighted by atomic mass is 10.1. The molecule has 0 unspecified atom stereocenters. The maximum atomic E-state index is 9.10. The minimum Gasteiger partial charge on any atom is -0.324 e. The van der Waals surface area contributed by atoms with Gasteiger partial charge in [-0.2, -0.15) is 10.5 Å². The van der Waals surface area contributed by atoms with Crippen LogP contribution in [0.25, 0.3) is 5.69 Å². The molecule has 0 aliphatic rings. The summed E-state index contributed by atoms with van der Waals surface area (Å²) in [5.41, 5.74) is 7.91. The molecule has 94 valence electrons. The predicted molar refractivity (Wildman–Crippen MR) is 73.3 cm³/mol. The lowest BCUT2D eigenvalue weighted by molar-refractivity contribution is 0.812. The second-order valence-electron chi connectivity index (χ2n) is 4.03. The molecular weight excluding hydrogens is 306 g/mol. The van der Waals surface area contributed by atoms with Gasteiger partial charge in [0, 0.05) is 16.2 Å². The number of halogens is 1. The summed E-state index contributed by atoms with van der Waals surface area (Å²) in [6.07, 6.45) is 1.46. The van der Waals surface area contributed by atoms with Gasteiger partial charge in [-0.15, -0.1) is 0 Å². The minimum atomic E-state index is -0.0867. The largest absolute Gasteiger partial charge is 0.324 e. The van der Waals surface area contributed by atoms with Crippen LogP contribution in [0.3, 0.4) is 0 Å². The van der Waals surface area contributed by atoms with Crippen LogP contribution < -0.4 is 5.73 Å². The van der Waals surface area contributed by atoms with Crippen molar-refractivity contribution in [3.8, 4) is 17.8 Å². The summed E-state index contributed by atoms with van der Waals surface area (Å²) in [4.78, 5) is 3.91. The Morgan fingerprint density at radius 3 is 2.63 bits per heavy atom. The van der Waals surface area contributed by atoms with Crippen LogP contribution in [0.5, 0.6) is 0 Å². The normalized spacial score (nSPS) is 11.6. The monoisotopic (exact) mass is 315 g/mol. The summed E-state index contributed by atoms with van der Waals surface area (Å²) in [5, 5.41) is 18.0. The zero-order chi connectivity index (χ0) is 14.0. The highest BCUT2D eigenvalue weighted by molar-refractivity contribution is 9.10. The number of imidazole rings is 1. The fourth-order valence-electron chi connectivity index (χ4n) is 1.77. The van der Waals surface area contributed by atoms with E-state index in [-0.39, 0.29) is 17.4 Å². The van der Waals surface area contributed by atoms with Crippen LogP contribution in [0, 0.1) is 22.7 Å². The van der Waals surface area contributed by atoms with E-state index in [9.17, 15) is 0 Å². The van der Waals surface area contributed by atoms with E-state index < -0.39 is 0 Å². The molecule has 0 saturated heterocycles. The summed E-state index contributed by atoms with van der Waals surface area (Å²) in [6.45, 7) is 1.89. The van der Waals surface area contributed by atoms with Gasteiger partial charge in [0.15, 0.2) is 11.4 Å². The number of hydrogen-bond donors (Lipinski definition) is 1. The van der Waals surface area contributed by atoms with Gasteiger partial charge in [0.25, 0.3) is 0 Å². The van der Waals surface area contributed by atoms with Crippen molar-refractivity contribution >= 4 is 15.9 Å². The maximum absolute atomic E-state index is 9.10. The van der Waals surface area contributed by atoms with Crippen LogP contribution in [0.1, 0.15) is 29.9 Å². The molecule has 1 heterocycles. The Kier molecular flexibility index (Phi) is 3.66. The lowest BCUT2D eigenvalue weighted by Gasteiger charge is -2.11. The summed E-state index contributed by atoms with van der Waals surface area (Å²) in [7, 11) is 0. The van der Waals surface area contributed by atoms with E-state index in [4.69, 9.17) is 16.3 Å². The predicted octanol–water partition coefficient (Wildman–Crippen LogP) is 2.40. The molecule has 1 aromatic carbocycles. The number of rotatable bonds is 2. The highest BCUT2D eigenvalue weighted by Gasteiger charge is 2.13. The van der Waals surface area contributed by atoms with Crippen molar-refractivity contribution in [1.82, 2.24) is 9.55 Å². The molecule has 1 aromatic heterocycles. The number of nitriles is 2. The van der Waals surface area contributed by atoms with Crippen molar-refractivity contribution in [2.45, 2.75) is 13.0 Å². The molecule has 0 saturated carbocycles. The first-order valence-corrected chi connectivity index (χ1v) is 6.30. The van der Waals surface area contributed by atoms with Crippen LogP contribution in [-0.4, -0.2) is 9.55 Å². The van der Waals surface area contributed by atoms with Crippen LogP contribution in [0.4, 0.5) is 0 Å². The molecule has 0 aliphatic heterocycles. The summed E-state index contributed by atoms with van der Waals surface area (Å²) in [5.74, 6) is 0. The Labute approximate surface area is 119 Å². The summed E-state index contributed by atoms with van der Waals surface area (Å²) < 4.78 is 2.44. The van der Waals surface area contributed by atoms with Gasteiger partial charge < -0.3 is 5.73 Å². The first kappa shape index (κ1) is 13.3. The molecule has 0 fully saturated rings. The standard InChI is InChI=1S/C13H10BrN5/c1-8(17)10-3-2-9(4-11(10)14)19-7-18-12(5-15)13(19)6-16/h2-4,7-8H,17H2,1H3/t8-/m1/s1. The highest BCUT2D eigenvalue weighted by Crippen LogP contribution is 2.25. The van der Waals surface area contributed by atoms with Crippen molar-refractivity contribution in [3.63, 3.8) is 0 Å². The molecule has 19 heavy (non-hydrogen) atoms. The minimum absolute atomic E-state index is 0.0867. The fraction of sp³-hybridized carbons (Fsp3) is 0.154. The van der Waals surface area contributed by atoms with Crippen molar-refractivity contribution in [2.75, 3.05) is 0 Å². The van der Waals surface area contributed by atoms with Crippen LogP contribution in [0.2, 0.25) is 0 Å². The lowest BCUT2D eigenvalue weighted by Crippen LogP contribution is -2.06. The average molecular weight is 316 g/mol. The number of nitrogens with zero attached hydrogens (tertiary/aromatic N) is 4. The molecule has 0 bridgehead atoms. The topological polar surface area (TPSA) is 91.4 Å². The SMILES string of the molecule is C[C@@H](N)c1ccc(-n2cnc(C#N)c2C#N)cc1Br. The molecule has 0 radical (unpaired) electrons. The molecule has 1 atom stereocenters. The summed E-state index contributed by atoms with van der Waals surface area (Å²) in [6, 6.07) is 9.37. The number of aromatic nitrogens is 2. The van der Waals surface area contributed by atoms with E-state index in [2.05, 4.69) is 20.9 Å². The van der Waals surface area contributed by atoms with E-state index in [1.165, 1.54) is 6.33 Å². The Balaban J connectivity index is 2.56. The molecule has 2 N–H and O–H groups in total. The zero-order valence-electron chi connectivity index (χ0n) is 10.1. The van der Waals surface area contributed by atoms with Gasteiger partial charge in [0.2, 0.25) is 0 Å². The van der Waals surface area contributed by atoms with E-state index in [1.54, 1.807) is 4.57 Å². The maximum Gasteiger partial charge on any atom is 0.177 e. The van der Waals surface area contributed by atoms with Gasteiger partial charge in [-0.05, 0) is 24.6 Å². The molecule has 2 rings (SSSR count). The number of hydrogen-bond acceptors (Lipinski definition) is 4. The van der Waals surface area contributed by atoms with Gasteiger partial charge in [-0.1, -0.05) is 22.0 Å². The van der Waals surface area contributed by atoms with E-state index in [0.717, 1.165) is 15.7 Å². The first-order valence-electron chi connectivity index (χ1n) is 5.51. The van der Waals surface area contributed by atoms with Crippen LogP contribution >= 0.6 is 15.9 Å². The van der Waals surface area contributed by atoms with Gasteiger partial charge in [-0.25, -0.2) is 4.98 Å². The Bertz CT molecular complexity index is 703. The third kappa shape index (κ3) is 2.37. The fourth-order valence-corrected chi connectivity index (χ4v) is 2.50. The first-order chi connectivity index (χ1) is 9.08. The van der Waals surface area contributed by atoms with E-state index in [1.807, 2.05) is 37.3 Å². The van der Waals surface area contributed by atoms with Gasteiger partial charge >= 0.3 is 0 Å². The molecule has 5 nitrogen and oxygen atoms in total. The quantitative estimate of drug-likeness (QED) is 0.921. The summed E-state index contributed by atoms with van der Waals surface area (Å²) >= 11 is 3.45. The molecule has 0 amide bonds. The molecule has 2 aromatic rings. The number of nitrogens with two attached hydrogens (primary N) is 1. The van der Waals surface area contributed by atoms with Crippen LogP contribution in [0.15, 0.2) is 29.0 Å². The van der Waals surface area contributed by atoms with Crippen molar-refractivity contribution < 1.29 is 0 Å². The van der Waals surface area contributed by atoms with Crippen molar-refractivity contribution in [3.05, 3.63) is 46.0 Å². The van der Waals surface area contributed by atoms with Crippen LogP contribution in [-0.2, 0) is 0 Å². The molecule has 6 heteroatoms. The average Bonchev–Trinajstić information content (AvgIpc) is 2.80. The van der Waals surface area contributed by atoms with E-state index >= 15 is 0 Å². The molecule has 0 spiro atoms. The Morgan fingerprint density at radius 2 is 2.11 bits per heavy atom.